The van der Waals surface area contributed by atoms with Gasteiger partial charge in [-0.15, -0.1) is 0 Å². The Hall–Kier alpha value is -2.37. The number of aromatic nitrogens is 1. The minimum absolute atomic E-state index is 0.311. The molecule has 3 aromatic rings. The Balaban J connectivity index is 1.74. The highest BCUT2D eigenvalue weighted by Gasteiger charge is 2.05. The van der Waals surface area contributed by atoms with E-state index < -0.39 is 0 Å². The number of rotatable bonds is 4. The van der Waals surface area contributed by atoms with Crippen LogP contribution in [0.5, 0.6) is 0 Å². The maximum Gasteiger partial charge on any atom is 0.271 e. The molecule has 4 nitrogen and oxygen atoms in total. The average molecular weight is 403 g/mol. The Morgan fingerprint density at radius 1 is 1.12 bits per heavy atom. The van der Waals surface area contributed by atoms with Gasteiger partial charge in [0.1, 0.15) is 0 Å². The number of halogens is 2. The molecule has 0 atom stereocenters. The number of amides is 1. The maximum atomic E-state index is 12.0. The highest BCUT2D eigenvalue weighted by Crippen LogP contribution is 2.17. The first-order valence-electron chi connectivity index (χ1n) is 7.16. The lowest BCUT2D eigenvalue weighted by Crippen LogP contribution is -2.17. The van der Waals surface area contributed by atoms with Crippen LogP contribution in [0.15, 0.2) is 76.4 Å². The molecule has 24 heavy (non-hydrogen) atoms. The van der Waals surface area contributed by atoms with Crippen LogP contribution >= 0.6 is 27.5 Å². The van der Waals surface area contributed by atoms with E-state index in [0.29, 0.717) is 10.6 Å². The van der Waals surface area contributed by atoms with Gasteiger partial charge in [-0.05, 0) is 48.5 Å². The standard InChI is InChI=1S/C18H13BrClN3O/c19-14-5-2-7-16(11-14)23-9-3-8-17(23)12-21-22-18(24)13-4-1-6-15(20)10-13/h1-12H,(H,22,24)/b21-12-. The van der Waals surface area contributed by atoms with Crippen LogP contribution in [-0.2, 0) is 0 Å². The Kier molecular flexibility index (Phi) is 5.13. The van der Waals surface area contributed by atoms with Crippen molar-refractivity contribution in [1.29, 1.82) is 0 Å². The van der Waals surface area contributed by atoms with Crippen LogP contribution in [0.1, 0.15) is 16.1 Å². The zero-order valence-corrected chi connectivity index (χ0v) is 14.8. The monoisotopic (exact) mass is 401 g/mol. The molecular weight excluding hydrogens is 390 g/mol. The molecule has 120 valence electrons. The summed E-state index contributed by atoms with van der Waals surface area (Å²) in [7, 11) is 0. The fourth-order valence-corrected chi connectivity index (χ4v) is 2.79. The van der Waals surface area contributed by atoms with Gasteiger partial charge in [-0.1, -0.05) is 39.7 Å². The Morgan fingerprint density at radius 3 is 2.75 bits per heavy atom. The first-order chi connectivity index (χ1) is 11.6. The van der Waals surface area contributed by atoms with Crippen molar-refractivity contribution in [1.82, 2.24) is 9.99 Å². The molecule has 0 aliphatic carbocycles. The molecule has 0 bridgehead atoms. The molecule has 0 spiro atoms. The molecule has 0 saturated carbocycles. The van der Waals surface area contributed by atoms with E-state index in [4.69, 9.17) is 11.6 Å². The predicted molar refractivity (Wildman–Crippen MR) is 100.0 cm³/mol. The molecule has 0 aliphatic heterocycles. The van der Waals surface area contributed by atoms with E-state index in [9.17, 15) is 4.79 Å². The van der Waals surface area contributed by atoms with Crippen LogP contribution in [0.25, 0.3) is 5.69 Å². The molecule has 1 heterocycles. The summed E-state index contributed by atoms with van der Waals surface area (Å²) in [6, 6.07) is 18.5. The molecule has 0 radical (unpaired) electrons. The summed E-state index contributed by atoms with van der Waals surface area (Å²) in [5.41, 5.74) is 4.81. The number of carbonyl (C=O) groups is 1. The van der Waals surface area contributed by atoms with Crippen molar-refractivity contribution in [3.05, 3.63) is 87.6 Å². The van der Waals surface area contributed by atoms with Gasteiger partial charge in [0.2, 0.25) is 0 Å². The van der Waals surface area contributed by atoms with Gasteiger partial charge in [0, 0.05) is 26.9 Å². The second-order valence-corrected chi connectivity index (χ2v) is 6.34. The summed E-state index contributed by atoms with van der Waals surface area (Å²) < 4.78 is 2.96. The Morgan fingerprint density at radius 2 is 1.96 bits per heavy atom. The minimum Gasteiger partial charge on any atom is -0.316 e. The van der Waals surface area contributed by atoms with E-state index in [2.05, 4.69) is 26.5 Å². The molecule has 0 unspecified atom stereocenters. The number of nitrogens with one attached hydrogen (secondary N) is 1. The number of hydrogen-bond donors (Lipinski definition) is 1. The van der Waals surface area contributed by atoms with Gasteiger partial charge in [0.15, 0.2) is 0 Å². The first kappa shape index (κ1) is 16.5. The summed E-state index contributed by atoms with van der Waals surface area (Å²) in [5.74, 6) is -0.311. The normalized spacial score (nSPS) is 10.9. The Bertz CT molecular complexity index is 905. The fourth-order valence-electron chi connectivity index (χ4n) is 2.21. The van der Waals surface area contributed by atoms with Crippen molar-refractivity contribution in [2.75, 3.05) is 0 Å². The topological polar surface area (TPSA) is 46.4 Å². The summed E-state index contributed by atoms with van der Waals surface area (Å²) in [5, 5.41) is 4.54. The number of hydrogen-bond acceptors (Lipinski definition) is 2. The third-order valence-electron chi connectivity index (χ3n) is 3.32. The van der Waals surface area contributed by atoms with Crippen LogP contribution in [-0.4, -0.2) is 16.7 Å². The largest absolute Gasteiger partial charge is 0.316 e. The van der Waals surface area contributed by atoms with Crippen molar-refractivity contribution >= 4 is 39.7 Å². The second kappa shape index (κ2) is 7.47. The highest BCUT2D eigenvalue weighted by atomic mass is 79.9. The van der Waals surface area contributed by atoms with Gasteiger partial charge >= 0.3 is 0 Å². The summed E-state index contributed by atoms with van der Waals surface area (Å²) >= 11 is 9.34. The number of nitrogens with zero attached hydrogens (tertiary/aromatic N) is 2. The van der Waals surface area contributed by atoms with E-state index in [-0.39, 0.29) is 5.91 Å². The van der Waals surface area contributed by atoms with Crippen molar-refractivity contribution in [2.24, 2.45) is 5.10 Å². The number of hydrazone groups is 1. The summed E-state index contributed by atoms with van der Waals surface area (Å²) in [4.78, 5) is 12.0. The van der Waals surface area contributed by atoms with Crippen molar-refractivity contribution in [3.63, 3.8) is 0 Å². The molecule has 0 fully saturated rings. The molecule has 1 amide bonds. The molecule has 3 rings (SSSR count). The molecule has 1 N–H and O–H groups in total. The lowest BCUT2D eigenvalue weighted by molar-refractivity contribution is 0.0955. The molecule has 6 heteroatoms. The molecular formula is C18H13BrClN3O. The van der Waals surface area contributed by atoms with Crippen LogP contribution in [0, 0.1) is 0 Å². The zero-order chi connectivity index (χ0) is 16.9. The fraction of sp³-hybridized carbons (Fsp3) is 0. The van der Waals surface area contributed by atoms with Gasteiger partial charge in [0.25, 0.3) is 5.91 Å². The Labute approximate surface area is 152 Å². The van der Waals surface area contributed by atoms with E-state index >= 15 is 0 Å². The van der Waals surface area contributed by atoms with Gasteiger partial charge in [-0.2, -0.15) is 5.10 Å². The van der Waals surface area contributed by atoms with E-state index in [1.807, 2.05) is 47.2 Å². The predicted octanol–water partition coefficient (Wildman–Crippen LogP) is 4.66. The SMILES string of the molecule is O=C(N/N=C\c1cccn1-c1cccc(Br)c1)c1cccc(Cl)c1. The van der Waals surface area contributed by atoms with E-state index in [1.54, 1.807) is 30.5 Å². The van der Waals surface area contributed by atoms with Crippen molar-refractivity contribution in [2.45, 2.75) is 0 Å². The molecule has 0 saturated heterocycles. The van der Waals surface area contributed by atoms with Crippen LogP contribution in [0.3, 0.4) is 0 Å². The third-order valence-corrected chi connectivity index (χ3v) is 4.04. The van der Waals surface area contributed by atoms with E-state index in [1.165, 1.54) is 0 Å². The lowest BCUT2D eigenvalue weighted by Gasteiger charge is -2.06. The van der Waals surface area contributed by atoms with Crippen LogP contribution < -0.4 is 5.43 Å². The molecule has 1 aromatic heterocycles. The minimum atomic E-state index is -0.311. The quantitative estimate of drug-likeness (QED) is 0.501. The average Bonchev–Trinajstić information content (AvgIpc) is 3.03. The smallest absolute Gasteiger partial charge is 0.271 e. The van der Waals surface area contributed by atoms with Crippen molar-refractivity contribution in [3.8, 4) is 5.69 Å². The molecule has 2 aromatic carbocycles. The summed E-state index contributed by atoms with van der Waals surface area (Å²) in [6.07, 6.45) is 3.53. The highest BCUT2D eigenvalue weighted by molar-refractivity contribution is 9.10. The number of carbonyl (C=O) groups excluding carboxylic acids is 1. The van der Waals surface area contributed by atoms with Gasteiger partial charge in [0.05, 0.1) is 11.9 Å². The van der Waals surface area contributed by atoms with Crippen LogP contribution in [0.4, 0.5) is 0 Å². The second-order valence-electron chi connectivity index (χ2n) is 4.99. The van der Waals surface area contributed by atoms with E-state index in [0.717, 1.165) is 15.9 Å². The number of benzene rings is 2. The zero-order valence-electron chi connectivity index (χ0n) is 12.5. The van der Waals surface area contributed by atoms with Crippen LogP contribution in [0.2, 0.25) is 5.02 Å². The van der Waals surface area contributed by atoms with Gasteiger partial charge in [-0.25, -0.2) is 5.43 Å². The lowest BCUT2D eigenvalue weighted by atomic mass is 10.2. The van der Waals surface area contributed by atoms with Crippen molar-refractivity contribution < 1.29 is 4.79 Å². The summed E-state index contributed by atoms with van der Waals surface area (Å²) in [6.45, 7) is 0. The third kappa shape index (κ3) is 3.93. The van der Waals surface area contributed by atoms with Gasteiger partial charge in [-0.3, -0.25) is 4.79 Å². The van der Waals surface area contributed by atoms with Gasteiger partial charge < -0.3 is 4.57 Å². The maximum absolute atomic E-state index is 12.0. The molecule has 0 aliphatic rings. The first-order valence-corrected chi connectivity index (χ1v) is 8.33.